The van der Waals surface area contributed by atoms with Crippen molar-refractivity contribution in [1.29, 1.82) is 0 Å². The number of anilines is 1. The predicted octanol–water partition coefficient (Wildman–Crippen LogP) is 5.18. The molecule has 1 aliphatic heterocycles. The zero-order valence-electron chi connectivity index (χ0n) is 16.0. The van der Waals surface area contributed by atoms with Gasteiger partial charge in [-0.05, 0) is 31.0 Å². The highest BCUT2D eigenvalue weighted by Crippen LogP contribution is 2.43. The number of nitro groups is 1. The summed E-state index contributed by atoms with van der Waals surface area (Å²) >= 11 is 12.8. The number of halogens is 2. The molecule has 2 aromatic carbocycles. The number of carbonyl (C=O) groups is 1. The average molecular weight is 456 g/mol. The second kappa shape index (κ2) is 7.47. The summed E-state index contributed by atoms with van der Waals surface area (Å²) in [6.07, 6.45) is 1.92. The van der Waals surface area contributed by atoms with Gasteiger partial charge in [0.1, 0.15) is 6.04 Å². The van der Waals surface area contributed by atoms with Crippen LogP contribution in [-0.2, 0) is 4.79 Å². The number of hydrogen-bond acceptors (Lipinski definition) is 6. The van der Waals surface area contributed by atoms with E-state index in [-0.39, 0.29) is 11.5 Å². The first-order valence-electron chi connectivity index (χ1n) is 9.62. The largest absolute Gasteiger partial charge is 0.328 e. The Morgan fingerprint density at radius 2 is 1.90 bits per heavy atom. The van der Waals surface area contributed by atoms with Gasteiger partial charge in [0, 0.05) is 41.0 Å². The maximum Gasteiger partial charge on any atom is 0.269 e. The highest BCUT2D eigenvalue weighted by atomic mass is 35.5. The number of non-ortho nitro benzene ring substituents is 1. The van der Waals surface area contributed by atoms with E-state index in [1.54, 1.807) is 28.9 Å². The zero-order valence-corrected chi connectivity index (χ0v) is 17.5. The van der Waals surface area contributed by atoms with Gasteiger partial charge < -0.3 is 5.32 Å². The summed E-state index contributed by atoms with van der Waals surface area (Å²) < 4.78 is 1.64. The average Bonchev–Trinajstić information content (AvgIpc) is 3.18. The van der Waals surface area contributed by atoms with Gasteiger partial charge in [-0.3, -0.25) is 14.9 Å². The minimum atomic E-state index is -0.565. The quantitative estimate of drug-likeness (QED) is 0.430. The van der Waals surface area contributed by atoms with Crippen molar-refractivity contribution in [2.45, 2.75) is 25.3 Å². The summed E-state index contributed by atoms with van der Waals surface area (Å²) in [7, 11) is 0. The fourth-order valence-electron chi connectivity index (χ4n) is 4.03. The second-order valence-electron chi connectivity index (χ2n) is 7.35. The first-order valence-corrected chi connectivity index (χ1v) is 10.4. The summed E-state index contributed by atoms with van der Waals surface area (Å²) in [5.41, 5.74) is 2.70. The number of carbonyl (C=O) groups excluding carboxylic acids is 1. The molecule has 0 radical (unpaired) electrons. The van der Waals surface area contributed by atoms with Gasteiger partial charge in [-0.1, -0.05) is 35.3 Å². The Hall–Kier alpha value is -3.23. The molecule has 0 bridgehead atoms. The Morgan fingerprint density at radius 3 is 2.65 bits per heavy atom. The number of nitrogens with zero attached hydrogens (tertiary/aromatic N) is 4. The smallest absolute Gasteiger partial charge is 0.269 e. The van der Waals surface area contributed by atoms with Gasteiger partial charge in [0.05, 0.1) is 15.0 Å². The van der Waals surface area contributed by atoms with Gasteiger partial charge in [-0.15, -0.1) is 5.10 Å². The summed E-state index contributed by atoms with van der Waals surface area (Å²) in [4.78, 5) is 28.0. The van der Waals surface area contributed by atoms with E-state index >= 15 is 0 Å². The summed E-state index contributed by atoms with van der Waals surface area (Å²) in [5.74, 6) is 0.892. The molecular formula is C21H15Cl2N5O3. The number of Topliss-reactive ketones (excluding diaryl/α,β-unsaturated/α-hetero) is 1. The van der Waals surface area contributed by atoms with Crippen LogP contribution >= 0.6 is 23.2 Å². The van der Waals surface area contributed by atoms with Crippen LogP contribution in [0.4, 0.5) is 11.6 Å². The van der Waals surface area contributed by atoms with Crippen molar-refractivity contribution in [1.82, 2.24) is 14.8 Å². The van der Waals surface area contributed by atoms with Gasteiger partial charge in [-0.2, -0.15) is 4.98 Å². The maximum atomic E-state index is 12.9. The van der Waals surface area contributed by atoms with Crippen molar-refractivity contribution in [3.05, 3.63) is 79.5 Å². The molecule has 3 aromatic rings. The van der Waals surface area contributed by atoms with Crippen LogP contribution in [0.3, 0.4) is 0 Å². The van der Waals surface area contributed by atoms with Crippen molar-refractivity contribution in [3.8, 4) is 11.4 Å². The van der Waals surface area contributed by atoms with Gasteiger partial charge >= 0.3 is 0 Å². The van der Waals surface area contributed by atoms with Crippen LogP contribution in [0.1, 0.15) is 30.9 Å². The van der Waals surface area contributed by atoms with E-state index in [1.165, 1.54) is 12.1 Å². The van der Waals surface area contributed by atoms with E-state index in [9.17, 15) is 14.9 Å². The molecule has 0 fully saturated rings. The normalized spacial score (nSPS) is 17.7. The fraction of sp³-hybridized carbons (Fsp3) is 0.190. The minimum Gasteiger partial charge on any atom is -0.328 e. The number of benzene rings is 2. The standard InChI is InChI=1S/C21H15Cl2N5O3/c22-14-4-1-3-13(18(14)23)19-17-15(5-2-6-16(17)29)24-21-25-20(26-27(19)21)11-7-9-12(10-8-11)28(30)31/h1,3-4,7-10,19H,2,5-6H2,(H,24,25,26). The minimum absolute atomic E-state index is 0.0165. The lowest BCUT2D eigenvalue weighted by Crippen LogP contribution is -2.31. The molecular weight excluding hydrogens is 441 g/mol. The second-order valence-corrected chi connectivity index (χ2v) is 8.13. The Bertz CT molecular complexity index is 1270. The highest BCUT2D eigenvalue weighted by Gasteiger charge is 2.38. The molecule has 10 heteroatoms. The third-order valence-corrected chi connectivity index (χ3v) is 6.31. The van der Waals surface area contributed by atoms with Crippen LogP contribution < -0.4 is 5.32 Å². The van der Waals surface area contributed by atoms with E-state index in [4.69, 9.17) is 23.2 Å². The molecule has 1 unspecified atom stereocenters. The van der Waals surface area contributed by atoms with E-state index in [0.29, 0.717) is 44.9 Å². The third-order valence-electron chi connectivity index (χ3n) is 5.48. The molecule has 0 amide bonds. The van der Waals surface area contributed by atoms with E-state index in [2.05, 4.69) is 15.4 Å². The number of aromatic nitrogens is 3. The Balaban J connectivity index is 1.66. The lowest BCUT2D eigenvalue weighted by molar-refractivity contribution is -0.384. The molecule has 0 saturated carbocycles. The lowest BCUT2D eigenvalue weighted by atomic mass is 9.85. The van der Waals surface area contributed by atoms with Crippen LogP contribution in [0.25, 0.3) is 11.4 Å². The van der Waals surface area contributed by atoms with Gasteiger partial charge in [-0.25, -0.2) is 4.68 Å². The first-order chi connectivity index (χ1) is 14.9. The lowest BCUT2D eigenvalue weighted by Gasteiger charge is -2.32. The molecule has 2 aliphatic rings. The van der Waals surface area contributed by atoms with Crippen LogP contribution in [0.2, 0.25) is 10.0 Å². The Kier molecular flexibility index (Phi) is 4.75. The predicted molar refractivity (Wildman–Crippen MR) is 116 cm³/mol. The van der Waals surface area contributed by atoms with E-state index in [0.717, 1.165) is 18.5 Å². The molecule has 0 saturated heterocycles. The van der Waals surface area contributed by atoms with Crippen LogP contribution in [0.15, 0.2) is 53.7 Å². The summed E-state index contributed by atoms with van der Waals surface area (Å²) in [6, 6.07) is 10.7. The molecule has 1 aliphatic carbocycles. The molecule has 1 atom stereocenters. The van der Waals surface area contributed by atoms with E-state index in [1.807, 2.05) is 6.07 Å². The number of ketones is 1. The summed E-state index contributed by atoms with van der Waals surface area (Å²) in [5, 5.41) is 19.6. The first kappa shape index (κ1) is 19.7. The SMILES string of the molecule is O=C1CCCC2=C1C(c1cccc(Cl)c1Cl)n1nc(-c3ccc([N+](=O)[O-])cc3)nc1N2. The van der Waals surface area contributed by atoms with Crippen LogP contribution in [0, 0.1) is 10.1 Å². The Labute approximate surface area is 186 Å². The highest BCUT2D eigenvalue weighted by molar-refractivity contribution is 6.42. The van der Waals surface area contributed by atoms with Crippen molar-refractivity contribution in [2.75, 3.05) is 5.32 Å². The molecule has 156 valence electrons. The monoisotopic (exact) mass is 455 g/mol. The third kappa shape index (κ3) is 3.28. The molecule has 8 nitrogen and oxygen atoms in total. The Morgan fingerprint density at radius 1 is 1.13 bits per heavy atom. The van der Waals surface area contributed by atoms with Crippen molar-refractivity contribution < 1.29 is 9.72 Å². The van der Waals surface area contributed by atoms with E-state index < -0.39 is 11.0 Å². The molecule has 1 aromatic heterocycles. The molecule has 31 heavy (non-hydrogen) atoms. The zero-order chi connectivity index (χ0) is 21.7. The van der Waals surface area contributed by atoms with Crippen molar-refractivity contribution >= 4 is 40.6 Å². The number of fused-ring (bicyclic) bond motifs is 1. The molecule has 0 spiro atoms. The number of rotatable bonds is 3. The number of nitro benzene ring substituents is 1. The molecule has 2 heterocycles. The number of nitrogens with one attached hydrogen (secondary N) is 1. The van der Waals surface area contributed by atoms with Crippen LogP contribution in [-0.4, -0.2) is 25.5 Å². The van der Waals surface area contributed by atoms with Crippen molar-refractivity contribution in [2.24, 2.45) is 0 Å². The van der Waals surface area contributed by atoms with Gasteiger partial charge in [0.15, 0.2) is 11.6 Å². The molecule has 5 rings (SSSR count). The fourth-order valence-corrected chi connectivity index (χ4v) is 4.44. The van der Waals surface area contributed by atoms with Gasteiger partial charge in [0.25, 0.3) is 5.69 Å². The molecule has 1 N–H and O–H groups in total. The van der Waals surface area contributed by atoms with Crippen LogP contribution in [0.5, 0.6) is 0 Å². The van der Waals surface area contributed by atoms with Gasteiger partial charge in [0.2, 0.25) is 5.95 Å². The maximum absolute atomic E-state index is 12.9. The topological polar surface area (TPSA) is 103 Å². The number of allylic oxidation sites excluding steroid dienone is 2. The van der Waals surface area contributed by atoms with Crippen molar-refractivity contribution in [3.63, 3.8) is 0 Å². The number of hydrogen-bond donors (Lipinski definition) is 1. The summed E-state index contributed by atoms with van der Waals surface area (Å²) in [6.45, 7) is 0.